The Morgan fingerprint density at radius 1 is 1.48 bits per heavy atom. The molecule has 0 bridgehead atoms. The SMILES string of the molecule is COCCCS(=O)(=O)NCC(=O)N1CCOC(C(=O)O)C1. The number of sulfonamides is 1. The number of methoxy groups -OCH3 is 1. The fraction of sp³-hybridized carbons (Fsp3) is 0.818. The first-order valence-electron chi connectivity index (χ1n) is 6.44. The summed E-state index contributed by atoms with van der Waals surface area (Å²) in [4.78, 5) is 23.9. The molecule has 1 aliphatic rings. The minimum atomic E-state index is -3.54. The smallest absolute Gasteiger partial charge is 0.334 e. The molecule has 10 heteroatoms. The van der Waals surface area contributed by atoms with E-state index in [9.17, 15) is 18.0 Å². The Bertz CT molecular complexity index is 465. The Morgan fingerprint density at radius 3 is 2.81 bits per heavy atom. The first-order chi connectivity index (χ1) is 9.85. The van der Waals surface area contributed by atoms with E-state index in [2.05, 4.69) is 4.72 Å². The van der Waals surface area contributed by atoms with E-state index in [1.54, 1.807) is 0 Å². The minimum absolute atomic E-state index is 0.0838. The van der Waals surface area contributed by atoms with Crippen LogP contribution in [0.4, 0.5) is 0 Å². The minimum Gasteiger partial charge on any atom is -0.479 e. The third-order valence-corrected chi connectivity index (χ3v) is 4.31. The highest BCUT2D eigenvalue weighted by molar-refractivity contribution is 7.89. The van der Waals surface area contributed by atoms with E-state index in [4.69, 9.17) is 14.6 Å². The highest BCUT2D eigenvalue weighted by Crippen LogP contribution is 2.05. The van der Waals surface area contributed by atoms with Crippen LogP contribution in [0.3, 0.4) is 0 Å². The standard InChI is InChI=1S/C11H20N2O7S/c1-19-4-2-6-21(17,18)12-7-10(14)13-3-5-20-9(8-13)11(15)16/h9,12H,2-8H2,1H3,(H,15,16). The van der Waals surface area contributed by atoms with Crippen molar-refractivity contribution in [1.82, 2.24) is 9.62 Å². The molecule has 0 aromatic heterocycles. The quantitative estimate of drug-likeness (QED) is 0.508. The summed E-state index contributed by atoms with van der Waals surface area (Å²) in [7, 11) is -2.07. The summed E-state index contributed by atoms with van der Waals surface area (Å²) in [6, 6.07) is 0. The number of hydrogen-bond acceptors (Lipinski definition) is 6. The van der Waals surface area contributed by atoms with Crippen LogP contribution in [0.2, 0.25) is 0 Å². The molecule has 1 aliphatic heterocycles. The number of morpholine rings is 1. The molecule has 0 radical (unpaired) electrons. The van der Waals surface area contributed by atoms with Crippen LogP contribution in [0.25, 0.3) is 0 Å². The van der Waals surface area contributed by atoms with Crippen LogP contribution in [0.1, 0.15) is 6.42 Å². The monoisotopic (exact) mass is 324 g/mol. The van der Waals surface area contributed by atoms with Gasteiger partial charge >= 0.3 is 5.97 Å². The lowest BCUT2D eigenvalue weighted by Crippen LogP contribution is -2.51. The van der Waals surface area contributed by atoms with Crippen LogP contribution in [0.5, 0.6) is 0 Å². The van der Waals surface area contributed by atoms with E-state index in [0.29, 0.717) is 13.0 Å². The average Bonchev–Trinajstić information content (AvgIpc) is 2.45. The van der Waals surface area contributed by atoms with Crippen molar-refractivity contribution in [2.45, 2.75) is 12.5 Å². The number of nitrogens with one attached hydrogen (secondary N) is 1. The van der Waals surface area contributed by atoms with E-state index in [0.717, 1.165) is 0 Å². The lowest BCUT2D eigenvalue weighted by atomic mass is 10.2. The predicted octanol–water partition coefficient (Wildman–Crippen LogP) is -1.75. The number of aliphatic carboxylic acids is 1. The summed E-state index contributed by atoms with van der Waals surface area (Å²) in [5.74, 6) is -1.75. The van der Waals surface area contributed by atoms with Crippen LogP contribution in [-0.2, 0) is 29.1 Å². The molecule has 122 valence electrons. The topological polar surface area (TPSA) is 122 Å². The van der Waals surface area contributed by atoms with Crippen molar-refractivity contribution in [1.29, 1.82) is 0 Å². The molecule has 1 fully saturated rings. The molecule has 1 atom stereocenters. The first-order valence-corrected chi connectivity index (χ1v) is 8.09. The van der Waals surface area contributed by atoms with Crippen molar-refractivity contribution in [2.75, 3.05) is 45.7 Å². The number of carboxylic acids is 1. The van der Waals surface area contributed by atoms with Gasteiger partial charge in [-0.3, -0.25) is 4.79 Å². The number of hydrogen-bond donors (Lipinski definition) is 2. The number of carboxylic acid groups (broad SMARTS) is 1. The lowest BCUT2D eigenvalue weighted by molar-refractivity contribution is -0.159. The largest absolute Gasteiger partial charge is 0.479 e. The lowest BCUT2D eigenvalue weighted by Gasteiger charge is -2.30. The highest BCUT2D eigenvalue weighted by atomic mass is 32.2. The second kappa shape index (κ2) is 8.27. The van der Waals surface area contributed by atoms with E-state index in [1.165, 1.54) is 12.0 Å². The Balaban J connectivity index is 2.40. The van der Waals surface area contributed by atoms with Crippen molar-refractivity contribution >= 4 is 21.9 Å². The number of ether oxygens (including phenoxy) is 2. The molecule has 9 nitrogen and oxygen atoms in total. The Hall–Kier alpha value is -1.23. The zero-order chi connectivity index (χ0) is 15.9. The maximum atomic E-state index is 11.9. The van der Waals surface area contributed by atoms with Gasteiger partial charge in [-0.25, -0.2) is 17.9 Å². The molecule has 0 aromatic rings. The molecule has 0 spiro atoms. The molecule has 1 saturated heterocycles. The number of carbonyl (C=O) groups is 2. The van der Waals surface area contributed by atoms with E-state index in [-0.39, 0.29) is 32.0 Å². The molecule has 1 rings (SSSR count). The highest BCUT2D eigenvalue weighted by Gasteiger charge is 2.29. The van der Waals surface area contributed by atoms with Crippen LogP contribution < -0.4 is 4.72 Å². The van der Waals surface area contributed by atoms with E-state index in [1.807, 2.05) is 0 Å². The van der Waals surface area contributed by atoms with Crippen LogP contribution >= 0.6 is 0 Å². The van der Waals surface area contributed by atoms with Crippen LogP contribution in [0.15, 0.2) is 0 Å². The van der Waals surface area contributed by atoms with Gasteiger partial charge < -0.3 is 19.5 Å². The maximum absolute atomic E-state index is 11.9. The van der Waals surface area contributed by atoms with Gasteiger partial charge in [0.25, 0.3) is 0 Å². The Kier molecular flexibility index (Phi) is 7.02. The van der Waals surface area contributed by atoms with Gasteiger partial charge in [0.05, 0.1) is 25.4 Å². The molecule has 1 unspecified atom stereocenters. The second-order valence-corrected chi connectivity index (χ2v) is 6.45. The Morgan fingerprint density at radius 2 is 2.19 bits per heavy atom. The molecule has 1 amide bonds. The average molecular weight is 324 g/mol. The molecular formula is C11H20N2O7S. The predicted molar refractivity (Wildman–Crippen MR) is 72.2 cm³/mol. The molecule has 1 heterocycles. The number of amides is 1. The fourth-order valence-electron chi connectivity index (χ4n) is 1.77. The molecule has 0 aromatic carbocycles. The molecule has 0 aliphatic carbocycles. The summed E-state index contributed by atoms with van der Waals surface area (Å²) in [6.07, 6.45) is -0.736. The van der Waals surface area contributed by atoms with Gasteiger partial charge in [-0.15, -0.1) is 0 Å². The number of nitrogens with zero attached hydrogens (tertiary/aromatic N) is 1. The zero-order valence-corrected chi connectivity index (χ0v) is 12.6. The van der Waals surface area contributed by atoms with Crippen molar-refractivity contribution in [3.05, 3.63) is 0 Å². The third-order valence-electron chi connectivity index (χ3n) is 2.90. The summed E-state index contributed by atoms with van der Waals surface area (Å²) in [5.41, 5.74) is 0. The molecular weight excluding hydrogens is 304 g/mol. The fourth-order valence-corrected chi connectivity index (χ4v) is 2.76. The van der Waals surface area contributed by atoms with Crippen molar-refractivity contribution in [3.63, 3.8) is 0 Å². The van der Waals surface area contributed by atoms with Crippen molar-refractivity contribution in [2.24, 2.45) is 0 Å². The molecule has 0 saturated carbocycles. The van der Waals surface area contributed by atoms with Gasteiger partial charge in [-0.05, 0) is 6.42 Å². The maximum Gasteiger partial charge on any atom is 0.334 e. The summed E-state index contributed by atoms with van der Waals surface area (Å²) >= 11 is 0. The Labute approximate surface area is 123 Å². The third kappa shape index (κ3) is 6.38. The molecule has 21 heavy (non-hydrogen) atoms. The van der Waals surface area contributed by atoms with Crippen LogP contribution in [0, 0.1) is 0 Å². The van der Waals surface area contributed by atoms with Gasteiger partial charge in [0.2, 0.25) is 15.9 Å². The summed E-state index contributed by atoms with van der Waals surface area (Å²) < 4.78 is 35.2. The first kappa shape index (κ1) is 17.8. The molecule has 2 N–H and O–H groups in total. The normalized spacial score (nSPS) is 19.5. The van der Waals surface area contributed by atoms with Gasteiger partial charge in [0.1, 0.15) is 0 Å². The summed E-state index contributed by atoms with van der Waals surface area (Å²) in [5, 5.41) is 8.83. The van der Waals surface area contributed by atoms with Crippen LogP contribution in [-0.4, -0.2) is 82.1 Å². The second-order valence-electron chi connectivity index (χ2n) is 4.52. The van der Waals surface area contributed by atoms with Crippen molar-refractivity contribution in [3.8, 4) is 0 Å². The number of rotatable bonds is 8. The van der Waals surface area contributed by atoms with E-state index >= 15 is 0 Å². The van der Waals surface area contributed by atoms with Gasteiger partial charge in [0.15, 0.2) is 6.10 Å². The number of carbonyl (C=O) groups excluding carboxylic acids is 1. The summed E-state index contributed by atoms with van der Waals surface area (Å²) in [6.45, 7) is 0.206. The van der Waals surface area contributed by atoms with Gasteiger partial charge in [-0.1, -0.05) is 0 Å². The van der Waals surface area contributed by atoms with Crippen molar-refractivity contribution < 1.29 is 32.6 Å². The van der Waals surface area contributed by atoms with E-state index < -0.39 is 28.0 Å². The van der Waals surface area contributed by atoms with Gasteiger partial charge in [0, 0.05) is 20.3 Å². The zero-order valence-electron chi connectivity index (χ0n) is 11.8. The van der Waals surface area contributed by atoms with Gasteiger partial charge in [-0.2, -0.15) is 0 Å².